The maximum Gasteiger partial charge on any atom is 0.274 e. The first-order valence-electron chi connectivity index (χ1n) is 3.31. The lowest BCUT2D eigenvalue weighted by molar-refractivity contribution is 0.107. The summed E-state index contributed by atoms with van der Waals surface area (Å²) in [5.74, 6) is -0.886. The Labute approximate surface area is 90.8 Å². The molecule has 0 saturated heterocycles. The van der Waals surface area contributed by atoms with E-state index in [-0.39, 0.29) is 4.60 Å². The number of nitrogens with zero attached hydrogens (tertiary/aromatic N) is 1. The van der Waals surface area contributed by atoms with Crippen LogP contribution in [0.1, 0.15) is 22.5 Å². The van der Waals surface area contributed by atoms with Crippen LogP contribution in [0.2, 0.25) is 0 Å². The Morgan fingerprint density at radius 1 is 1.64 bits per heavy atom. The number of pyridine rings is 1. The van der Waals surface area contributed by atoms with Gasteiger partial charge in [0.25, 0.3) is 11.7 Å². The van der Waals surface area contributed by atoms with E-state index in [9.17, 15) is 18.7 Å². The highest BCUT2D eigenvalue weighted by atomic mass is 79.9. The number of carbonyl (C=O) groups excluding carboxylic acids is 1. The number of hydrogen-bond donors (Lipinski definition) is 1. The van der Waals surface area contributed by atoms with E-state index in [4.69, 9.17) is 11.6 Å². The largest absolute Gasteiger partial charge is 0.505 e. The first kappa shape index (κ1) is 11.3. The Bertz CT molecular complexity index is 386. The normalized spacial score (nSPS) is 10.6. The van der Waals surface area contributed by atoms with Crippen LogP contribution in [0.25, 0.3) is 0 Å². The van der Waals surface area contributed by atoms with Crippen LogP contribution in [-0.2, 0) is 0 Å². The predicted octanol–water partition coefficient (Wildman–Crippen LogP) is 2.87. The van der Waals surface area contributed by atoms with Crippen LogP contribution in [0.5, 0.6) is 5.75 Å². The molecule has 1 aromatic rings. The van der Waals surface area contributed by atoms with Gasteiger partial charge >= 0.3 is 0 Å². The molecule has 1 rings (SSSR count). The van der Waals surface area contributed by atoms with Crippen LogP contribution in [0.3, 0.4) is 0 Å². The number of aromatic hydroxyl groups is 1. The molecule has 0 bridgehead atoms. The van der Waals surface area contributed by atoms with Gasteiger partial charge in [0.15, 0.2) is 11.4 Å². The van der Waals surface area contributed by atoms with Gasteiger partial charge in [-0.3, -0.25) is 4.79 Å². The Morgan fingerprint density at radius 3 is 2.64 bits per heavy atom. The number of rotatable bonds is 2. The third-order valence-corrected chi connectivity index (χ3v) is 2.00. The van der Waals surface area contributed by atoms with E-state index in [1.165, 1.54) is 0 Å². The molecule has 0 amide bonds. The summed E-state index contributed by atoms with van der Waals surface area (Å²) in [5, 5.41) is 8.09. The molecule has 1 aromatic heterocycles. The highest BCUT2D eigenvalue weighted by molar-refractivity contribution is 9.10. The Kier molecular flexibility index (Phi) is 3.38. The standard InChI is InChI=1S/C7H3BrClF2NO2/c8-3-1-2(7(10)11)5(13)4(12-3)6(9)14/h1,7,13H. The SMILES string of the molecule is O=C(Cl)c1nc(Br)cc(C(F)F)c1O. The summed E-state index contributed by atoms with van der Waals surface area (Å²) in [7, 11) is 0. The van der Waals surface area contributed by atoms with Gasteiger partial charge in [-0.2, -0.15) is 0 Å². The van der Waals surface area contributed by atoms with Gasteiger partial charge in [-0.15, -0.1) is 0 Å². The van der Waals surface area contributed by atoms with Crippen LogP contribution in [0, 0.1) is 0 Å². The second-order valence-corrected chi connectivity index (χ2v) is 3.46. The van der Waals surface area contributed by atoms with E-state index < -0.39 is 28.7 Å². The molecule has 0 saturated carbocycles. The van der Waals surface area contributed by atoms with Gasteiger partial charge < -0.3 is 5.11 Å². The molecular weight excluding hydrogens is 283 g/mol. The highest BCUT2D eigenvalue weighted by Crippen LogP contribution is 2.32. The molecule has 76 valence electrons. The molecule has 0 radical (unpaired) electrons. The molecule has 0 fully saturated rings. The van der Waals surface area contributed by atoms with Crippen molar-refractivity contribution < 1.29 is 18.7 Å². The van der Waals surface area contributed by atoms with Crippen LogP contribution in [-0.4, -0.2) is 15.3 Å². The van der Waals surface area contributed by atoms with Crippen molar-refractivity contribution in [3.63, 3.8) is 0 Å². The minimum atomic E-state index is -2.90. The Morgan fingerprint density at radius 2 is 2.21 bits per heavy atom. The van der Waals surface area contributed by atoms with Gasteiger partial charge in [-0.05, 0) is 33.6 Å². The lowest BCUT2D eigenvalue weighted by Gasteiger charge is -2.06. The molecule has 0 aliphatic heterocycles. The molecule has 1 heterocycles. The zero-order valence-electron chi connectivity index (χ0n) is 6.47. The second-order valence-electron chi connectivity index (χ2n) is 2.31. The first-order chi connectivity index (χ1) is 6.43. The summed E-state index contributed by atoms with van der Waals surface area (Å²) in [6.07, 6.45) is -2.90. The monoisotopic (exact) mass is 285 g/mol. The molecule has 14 heavy (non-hydrogen) atoms. The number of alkyl halides is 2. The predicted molar refractivity (Wildman–Crippen MR) is 48.7 cm³/mol. The zero-order chi connectivity index (χ0) is 10.9. The number of hydrogen-bond acceptors (Lipinski definition) is 3. The minimum Gasteiger partial charge on any atom is -0.505 e. The number of aromatic nitrogens is 1. The first-order valence-corrected chi connectivity index (χ1v) is 4.48. The third-order valence-electron chi connectivity index (χ3n) is 1.41. The third kappa shape index (κ3) is 2.19. The molecule has 1 N–H and O–H groups in total. The maximum absolute atomic E-state index is 12.3. The van der Waals surface area contributed by atoms with Gasteiger partial charge in [0.05, 0.1) is 5.56 Å². The van der Waals surface area contributed by atoms with E-state index >= 15 is 0 Å². The van der Waals surface area contributed by atoms with Crippen LogP contribution in [0.4, 0.5) is 8.78 Å². The average molecular weight is 286 g/mol. The fourth-order valence-corrected chi connectivity index (χ4v) is 1.38. The van der Waals surface area contributed by atoms with Crippen molar-refractivity contribution in [1.29, 1.82) is 0 Å². The van der Waals surface area contributed by atoms with Crippen molar-refractivity contribution >= 4 is 32.8 Å². The number of halogens is 4. The summed E-state index contributed by atoms with van der Waals surface area (Å²) >= 11 is 7.85. The van der Waals surface area contributed by atoms with Crippen molar-refractivity contribution in [2.24, 2.45) is 0 Å². The van der Waals surface area contributed by atoms with Gasteiger partial charge in [-0.25, -0.2) is 13.8 Å². The topological polar surface area (TPSA) is 50.2 Å². The summed E-state index contributed by atoms with van der Waals surface area (Å²) in [6.45, 7) is 0. The molecule has 0 atom stereocenters. The molecule has 0 aromatic carbocycles. The Hall–Kier alpha value is -0.750. The highest BCUT2D eigenvalue weighted by Gasteiger charge is 2.21. The van der Waals surface area contributed by atoms with Crippen LogP contribution in [0.15, 0.2) is 10.7 Å². The Balaban J connectivity index is 3.40. The van der Waals surface area contributed by atoms with Crippen molar-refractivity contribution in [3.05, 3.63) is 21.9 Å². The van der Waals surface area contributed by atoms with Crippen LogP contribution < -0.4 is 0 Å². The molecule has 3 nitrogen and oxygen atoms in total. The lowest BCUT2D eigenvalue weighted by Crippen LogP contribution is -1.99. The van der Waals surface area contributed by atoms with Crippen molar-refractivity contribution in [2.45, 2.75) is 6.43 Å². The van der Waals surface area contributed by atoms with Crippen molar-refractivity contribution in [1.82, 2.24) is 4.98 Å². The molecule has 0 spiro atoms. The fourth-order valence-electron chi connectivity index (χ4n) is 0.829. The summed E-state index contributed by atoms with van der Waals surface area (Å²) in [4.78, 5) is 14.1. The molecule has 0 aliphatic carbocycles. The van der Waals surface area contributed by atoms with E-state index in [0.717, 1.165) is 6.07 Å². The van der Waals surface area contributed by atoms with E-state index in [1.807, 2.05) is 0 Å². The maximum atomic E-state index is 12.3. The van der Waals surface area contributed by atoms with Gasteiger partial charge in [0.2, 0.25) is 0 Å². The smallest absolute Gasteiger partial charge is 0.274 e. The van der Waals surface area contributed by atoms with Crippen molar-refractivity contribution in [2.75, 3.05) is 0 Å². The van der Waals surface area contributed by atoms with Crippen LogP contribution >= 0.6 is 27.5 Å². The minimum absolute atomic E-state index is 0.00889. The summed E-state index contributed by atoms with van der Waals surface area (Å²) < 4.78 is 24.6. The van der Waals surface area contributed by atoms with E-state index in [0.29, 0.717) is 0 Å². The van der Waals surface area contributed by atoms with Gasteiger partial charge in [-0.1, -0.05) is 0 Å². The van der Waals surface area contributed by atoms with Gasteiger partial charge in [0, 0.05) is 0 Å². The second kappa shape index (κ2) is 4.18. The molecule has 7 heteroatoms. The van der Waals surface area contributed by atoms with Gasteiger partial charge in [0.1, 0.15) is 4.60 Å². The lowest BCUT2D eigenvalue weighted by atomic mass is 10.2. The van der Waals surface area contributed by atoms with E-state index in [2.05, 4.69) is 20.9 Å². The fraction of sp³-hybridized carbons (Fsp3) is 0.143. The van der Waals surface area contributed by atoms with E-state index in [1.54, 1.807) is 0 Å². The summed E-state index contributed by atoms with van der Waals surface area (Å²) in [5.41, 5.74) is -1.27. The molecular formula is C7H3BrClF2NO2. The zero-order valence-corrected chi connectivity index (χ0v) is 8.81. The quantitative estimate of drug-likeness (QED) is 0.672. The summed E-state index contributed by atoms with van der Waals surface area (Å²) in [6, 6.07) is 0.920. The number of carbonyl (C=O) groups is 1. The molecule has 0 aliphatic rings. The average Bonchev–Trinajstić information content (AvgIpc) is 2.07. The molecule has 0 unspecified atom stereocenters. The van der Waals surface area contributed by atoms with Crippen molar-refractivity contribution in [3.8, 4) is 5.75 Å².